The second-order valence-electron chi connectivity index (χ2n) is 4.25. The van der Waals surface area contributed by atoms with Crippen molar-refractivity contribution in [3.8, 4) is 10.4 Å². The molecular formula is C16H20O2S. The summed E-state index contributed by atoms with van der Waals surface area (Å²) in [4.78, 5) is 12.2. The highest BCUT2D eigenvalue weighted by atomic mass is 32.1. The number of hydrogen-bond donors (Lipinski definition) is 1. The monoisotopic (exact) mass is 276 g/mol. The van der Waals surface area contributed by atoms with E-state index < -0.39 is 5.97 Å². The molecule has 0 aliphatic carbocycles. The molecule has 0 spiro atoms. The normalized spacial score (nSPS) is 9.95. The summed E-state index contributed by atoms with van der Waals surface area (Å²) >= 11 is 1.31. The fraction of sp³-hybridized carbons (Fsp3) is 0.312. The van der Waals surface area contributed by atoms with Crippen LogP contribution < -0.4 is 0 Å². The second kappa shape index (κ2) is 7.10. The Morgan fingerprint density at radius 1 is 1.16 bits per heavy atom. The average molecular weight is 276 g/mol. The van der Waals surface area contributed by atoms with Gasteiger partial charge < -0.3 is 5.11 Å². The molecule has 0 amide bonds. The van der Waals surface area contributed by atoms with Crippen LogP contribution in [0.5, 0.6) is 0 Å². The minimum atomic E-state index is -0.860. The quantitative estimate of drug-likeness (QED) is 0.830. The molecule has 102 valence electrons. The molecule has 0 atom stereocenters. The molecule has 2 nitrogen and oxygen atoms in total. The van der Waals surface area contributed by atoms with Crippen molar-refractivity contribution in [1.82, 2.24) is 0 Å². The summed E-state index contributed by atoms with van der Waals surface area (Å²) in [7, 11) is 0. The summed E-state index contributed by atoms with van der Waals surface area (Å²) < 4.78 is 0. The van der Waals surface area contributed by atoms with Crippen LogP contribution in [0.15, 0.2) is 36.4 Å². The molecule has 0 aliphatic heterocycles. The van der Waals surface area contributed by atoms with E-state index in [4.69, 9.17) is 5.11 Å². The highest BCUT2D eigenvalue weighted by molar-refractivity contribution is 7.17. The summed E-state index contributed by atoms with van der Waals surface area (Å²) in [6.07, 6.45) is 0. The third kappa shape index (κ3) is 3.93. The maximum absolute atomic E-state index is 10.8. The Labute approximate surface area is 118 Å². The first-order valence-corrected chi connectivity index (χ1v) is 7.33. The maximum atomic E-state index is 10.8. The summed E-state index contributed by atoms with van der Waals surface area (Å²) in [5.74, 6) is -0.380. The molecule has 19 heavy (non-hydrogen) atoms. The zero-order valence-electron chi connectivity index (χ0n) is 11.8. The van der Waals surface area contributed by atoms with Crippen LogP contribution >= 0.6 is 11.3 Å². The van der Waals surface area contributed by atoms with Crippen molar-refractivity contribution in [3.63, 3.8) is 0 Å². The molecule has 0 aliphatic rings. The molecule has 1 heterocycles. The summed E-state index contributed by atoms with van der Waals surface area (Å²) in [6, 6.07) is 11.8. The Bertz CT molecular complexity index is 541. The first-order valence-electron chi connectivity index (χ1n) is 6.51. The van der Waals surface area contributed by atoms with E-state index in [1.54, 1.807) is 6.07 Å². The molecule has 0 unspecified atom stereocenters. The van der Waals surface area contributed by atoms with E-state index in [1.807, 2.05) is 32.0 Å². The van der Waals surface area contributed by atoms with E-state index >= 15 is 0 Å². The molecule has 0 saturated carbocycles. The minimum Gasteiger partial charge on any atom is -0.477 e. The van der Waals surface area contributed by atoms with Crippen molar-refractivity contribution in [2.24, 2.45) is 0 Å². The van der Waals surface area contributed by atoms with Crippen LogP contribution in [0.25, 0.3) is 10.4 Å². The smallest absolute Gasteiger partial charge is 0.345 e. The van der Waals surface area contributed by atoms with Crippen molar-refractivity contribution >= 4 is 17.3 Å². The van der Waals surface area contributed by atoms with Gasteiger partial charge in [0, 0.05) is 4.88 Å². The predicted molar refractivity (Wildman–Crippen MR) is 82.2 cm³/mol. The van der Waals surface area contributed by atoms with E-state index in [1.165, 1.54) is 16.9 Å². The fourth-order valence-electron chi connectivity index (χ4n) is 1.66. The highest BCUT2D eigenvalue weighted by Gasteiger charge is 2.09. The number of rotatable bonds is 3. The van der Waals surface area contributed by atoms with Gasteiger partial charge in [-0.2, -0.15) is 0 Å². The van der Waals surface area contributed by atoms with Gasteiger partial charge in [-0.05, 0) is 29.2 Å². The van der Waals surface area contributed by atoms with Gasteiger partial charge in [-0.15, -0.1) is 11.3 Å². The van der Waals surface area contributed by atoms with Gasteiger partial charge in [0.15, 0.2) is 0 Å². The van der Waals surface area contributed by atoms with Gasteiger partial charge in [-0.25, -0.2) is 4.79 Å². The molecule has 2 rings (SSSR count). The molecule has 1 N–H and O–H groups in total. The predicted octanol–water partition coefficient (Wildman–Crippen LogP) is 5.26. The van der Waals surface area contributed by atoms with Crippen LogP contribution in [0.3, 0.4) is 0 Å². The molecular weight excluding hydrogens is 256 g/mol. The molecule has 1 aromatic carbocycles. The van der Waals surface area contributed by atoms with E-state index in [-0.39, 0.29) is 0 Å². The third-order valence-electron chi connectivity index (χ3n) is 2.65. The number of carboxylic acids is 1. The van der Waals surface area contributed by atoms with Gasteiger partial charge in [0.25, 0.3) is 0 Å². The van der Waals surface area contributed by atoms with Crippen molar-refractivity contribution in [2.75, 3.05) is 0 Å². The van der Waals surface area contributed by atoms with Crippen LogP contribution in [0.4, 0.5) is 0 Å². The SMILES string of the molecule is CC.CC(C)c1cccc(-c2ccc(C(=O)O)s2)c1. The van der Waals surface area contributed by atoms with Gasteiger partial charge in [-0.1, -0.05) is 52.0 Å². The molecule has 3 heteroatoms. The first kappa shape index (κ1) is 15.4. The summed E-state index contributed by atoms with van der Waals surface area (Å²) in [5.41, 5.74) is 2.36. The van der Waals surface area contributed by atoms with Gasteiger partial charge in [0.1, 0.15) is 4.88 Å². The summed E-state index contributed by atoms with van der Waals surface area (Å²) in [6.45, 7) is 8.30. The van der Waals surface area contributed by atoms with Gasteiger partial charge in [0.05, 0.1) is 0 Å². The second-order valence-corrected chi connectivity index (χ2v) is 5.33. The number of carbonyl (C=O) groups is 1. The van der Waals surface area contributed by atoms with E-state index in [0.29, 0.717) is 10.8 Å². The Balaban J connectivity index is 0.000000861. The lowest BCUT2D eigenvalue weighted by Gasteiger charge is -2.06. The van der Waals surface area contributed by atoms with Crippen LogP contribution in [-0.4, -0.2) is 11.1 Å². The molecule has 0 radical (unpaired) electrons. The van der Waals surface area contributed by atoms with Crippen molar-refractivity contribution in [1.29, 1.82) is 0 Å². The van der Waals surface area contributed by atoms with E-state index in [0.717, 1.165) is 10.4 Å². The van der Waals surface area contributed by atoms with Crippen LogP contribution in [0.2, 0.25) is 0 Å². The molecule has 2 aromatic rings. The Morgan fingerprint density at radius 3 is 2.37 bits per heavy atom. The topological polar surface area (TPSA) is 37.3 Å². The van der Waals surface area contributed by atoms with Gasteiger partial charge in [-0.3, -0.25) is 0 Å². The highest BCUT2D eigenvalue weighted by Crippen LogP contribution is 2.30. The standard InChI is InChI=1S/C14H14O2S.C2H6/c1-9(2)10-4-3-5-11(8-10)12-6-7-13(17-12)14(15)16;1-2/h3-9H,1-2H3,(H,15,16);1-2H3. The molecule has 1 aromatic heterocycles. The molecule has 0 saturated heterocycles. The van der Waals surface area contributed by atoms with Crippen LogP contribution in [-0.2, 0) is 0 Å². The van der Waals surface area contributed by atoms with Gasteiger partial charge >= 0.3 is 5.97 Å². The summed E-state index contributed by atoms with van der Waals surface area (Å²) in [5, 5.41) is 8.90. The third-order valence-corrected chi connectivity index (χ3v) is 3.78. The number of aromatic carboxylic acids is 1. The lowest BCUT2D eigenvalue weighted by Crippen LogP contribution is -1.89. The zero-order valence-corrected chi connectivity index (χ0v) is 12.6. The number of hydrogen-bond acceptors (Lipinski definition) is 2. The van der Waals surface area contributed by atoms with E-state index in [9.17, 15) is 4.79 Å². The Hall–Kier alpha value is -1.61. The van der Waals surface area contributed by atoms with Crippen molar-refractivity contribution in [3.05, 3.63) is 46.8 Å². The lowest BCUT2D eigenvalue weighted by molar-refractivity contribution is 0.0702. The van der Waals surface area contributed by atoms with Crippen molar-refractivity contribution < 1.29 is 9.90 Å². The molecule has 0 fully saturated rings. The van der Waals surface area contributed by atoms with Crippen molar-refractivity contribution in [2.45, 2.75) is 33.6 Å². The van der Waals surface area contributed by atoms with Crippen LogP contribution in [0, 0.1) is 0 Å². The minimum absolute atomic E-state index is 0.384. The van der Waals surface area contributed by atoms with Crippen LogP contribution in [0.1, 0.15) is 48.8 Å². The zero-order chi connectivity index (χ0) is 14.4. The first-order chi connectivity index (χ1) is 9.08. The lowest BCUT2D eigenvalue weighted by atomic mass is 10.0. The number of carboxylic acid groups (broad SMARTS) is 1. The fourth-order valence-corrected chi connectivity index (χ4v) is 2.50. The average Bonchev–Trinajstić information content (AvgIpc) is 2.91. The van der Waals surface area contributed by atoms with Gasteiger partial charge in [0.2, 0.25) is 0 Å². The number of thiophene rings is 1. The van der Waals surface area contributed by atoms with E-state index in [2.05, 4.69) is 26.0 Å². The Kier molecular flexibility index (Phi) is 5.77. The Morgan fingerprint density at radius 2 is 1.84 bits per heavy atom. The molecule has 0 bridgehead atoms. The number of benzene rings is 1. The maximum Gasteiger partial charge on any atom is 0.345 e. The largest absolute Gasteiger partial charge is 0.477 e.